The Morgan fingerprint density at radius 2 is 1.61 bits per heavy atom. The van der Waals surface area contributed by atoms with E-state index in [2.05, 4.69) is 20.4 Å². The Labute approximate surface area is 168 Å². The summed E-state index contributed by atoms with van der Waals surface area (Å²) < 4.78 is 29.0. The number of aromatic nitrogens is 4. The van der Waals surface area contributed by atoms with Crippen molar-refractivity contribution in [1.29, 1.82) is 0 Å². The number of halogens is 4. The molecule has 0 atom stereocenters. The fraction of sp³-hybridized carbons (Fsp3) is 0.105. The monoisotopic (exact) mass is 419 g/mol. The summed E-state index contributed by atoms with van der Waals surface area (Å²) in [6.07, 6.45) is 0. The van der Waals surface area contributed by atoms with Crippen LogP contribution in [0.25, 0.3) is 16.9 Å². The summed E-state index contributed by atoms with van der Waals surface area (Å²) in [6.45, 7) is 3.71. The molecule has 0 amide bonds. The van der Waals surface area contributed by atoms with E-state index in [1.54, 1.807) is 16.8 Å². The van der Waals surface area contributed by atoms with Crippen molar-refractivity contribution in [2.75, 3.05) is 5.32 Å². The third-order valence-electron chi connectivity index (χ3n) is 4.08. The lowest BCUT2D eigenvalue weighted by Crippen LogP contribution is -2.09. The zero-order valence-electron chi connectivity index (χ0n) is 14.8. The predicted octanol–water partition coefficient (Wildman–Crippen LogP) is 5.76. The lowest BCUT2D eigenvalue weighted by Gasteiger charge is -2.14. The van der Waals surface area contributed by atoms with Gasteiger partial charge in [-0.3, -0.25) is 0 Å². The molecule has 142 valence electrons. The van der Waals surface area contributed by atoms with Crippen LogP contribution < -0.4 is 5.32 Å². The molecule has 2 aromatic carbocycles. The van der Waals surface area contributed by atoms with Gasteiger partial charge in [0, 0.05) is 11.8 Å². The second-order valence-electron chi connectivity index (χ2n) is 6.24. The molecule has 0 saturated carbocycles. The van der Waals surface area contributed by atoms with Gasteiger partial charge in [-0.05, 0) is 44.2 Å². The molecule has 0 aliphatic rings. The van der Waals surface area contributed by atoms with E-state index in [0.29, 0.717) is 26.9 Å². The molecule has 0 spiro atoms. The summed E-state index contributed by atoms with van der Waals surface area (Å²) in [5.41, 5.74) is 2.62. The standard InChI is InChI=1S/C19H13Cl2F2N5/c1-9-5-10(2)28(27-9)19-18(24-15-4-3-11(22)6-14(15)23)25-16-7-12(20)13(21)8-17(16)26-19/h3-8H,1-2H3,(H,24,25). The number of benzene rings is 2. The Morgan fingerprint density at radius 1 is 0.929 bits per heavy atom. The molecule has 0 fully saturated rings. The summed E-state index contributed by atoms with van der Waals surface area (Å²) >= 11 is 12.2. The average molecular weight is 420 g/mol. The minimum atomic E-state index is -0.754. The highest BCUT2D eigenvalue weighted by atomic mass is 35.5. The van der Waals surface area contributed by atoms with Crippen molar-refractivity contribution in [2.45, 2.75) is 13.8 Å². The summed E-state index contributed by atoms with van der Waals surface area (Å²) in [5, 5.41) is 7.97. The number of fused-ring (bicyclic) bond motifs is 1. The van der Waals surface area contributed by atoms with Gasteiger partial charge in [-0.25, -0.2) is 23.4 Å². The van der Waals surface area contributed by atoms with E-state index in [1.165, 1.54) is 6.07 Å². The van der Waals surface area contributed by atoms with Crippen molar-refractivity contribution >= 4 is 45.7 Å². The van der Waals surface area contributed by atoms with E-state index in [1.807, 2.05) is 19.9 Å². The minimum absolute atomic E-state index is 0.0536. The number of nitrogens with zero attached hydrogens (tertiary/aromatic N) is 4. The zero-order valence-corrected chi connectivity index (χ0v) is 16.3. The first-order chi connectivity index (χ1) is 13.3. The van der Waals surface area contributed by atoms with Gasteiger partial charge in [-0.1, -0.05) is 23.2 Å². The Morgan fingerprint density at radius 3 is 2.21 bits per heavy atom. The maximum absolute atomic E-state index is 14.2. The largest absolute Gasteiger partial charge is 0.335 e. The fourth-order valence-corrected chi connectivity index (χ4v) is 3.15. The molecule has 0 aliphatic heterocycles. The lowest BCUT2D eigenvalue weighted by atomic mass is 10.2. The van der Waals surface area contributed by atoms with E-state index in [4.69, 9.17) is 23.2 Å². The molecule has 0 radical (unpaired) electrons. The first kappa shape index (κ1) is 18.6. The van der Waals surface area contributed by atoms with Crippen LogP contribution in [0.4, 0.5) is 20.3 Å². The average Bonchev–Trinajstić information content (AvgIpc) is 2.96. The molecule has 4 rings (SSSR count). The maximum Gasteiger partial charge on any atom is 0.197 e. The SMILES string of the molecule is Cc1cc(C)n(-c2nc3cc(Cl)c(Cl)cc3nc2Nc2ccc(F)cc2F)n1. The molecule has 4 aromatic rings. The van der Waals surface area contributed by atoms with Crippen LogP contribution in [0.5, 0.6) is 0 Å². The van der Waals surface area contributed by atoms with Crippen LogP contribution in [0.15, 0.2) is 36.4 Å². The minimum Gasteiger partial charge on any atom is -0.335 e. The molecule has 2 heterocycles. The van der Waals surface area contributed by atoms with Gasteiger partial charge in [0.1, 0.15) is 11.6 Å². The van der Waals surface area contributed by atoms with Gasteiger partial charge in [0.25, 0.3) is 0 Å². The molecule has 0 saturated heterocycles. The van der Waals surface area contributed by atoms with E-state index in [9.17, 15) is 8.78 Å². The number of rotatable bonds is 3. The van der Waals surface area contributed by atoms with Crippen LogP contribution in [-0.4, -0.2) is 19.7 Å². The maximum atomic E-state index is 14.2. The normalized spacial score (nSPS) is 11.2. The number of anilines is 2. The first-order valence-corrected chi connectivity index (χ1v) is 9.00. The number of hydrogen-bond donors (Lipinski definition) is 1. The van der Waals surface area contributed by atoms with Crippen molar-refractivity contribution in [3.8, 4) is 5.82 Å². The number of nitrogens with one attached hydrogen (secondary N) is 1. The molecular weight excluding hydrogens is 407 g/mol. The van der Waals surface area contributed by atoms with Crippen LogP contribution in [-0.2, 0) is 0 Å². The molecule has 1 N–H and O–H groups in total. The van der Waals surface area contributed by atoms with Gasteiger partial charge in [-0.2, -0.15) is 5.10 Å². The Hall–Kier alpha value is -2.77. The van der Waals surface area contributed by atoms with Crippen LogP contribution in [0.1, 0.15) is 11.4 Å². The molecule has 0 aliphatic carbocycles. The summed E-state index contributed by atoms with van der Waals surface area (Å²) in [7, 11) is 0. The van der Waals surface area contributed by atoms with Gasteiger partial charge in [0.15, 0.2) is 11.6 Å². The van der Waals surface area contributed by atoms with E-state index in [-0.39, 0.29) is 11.5 Å². The Balaban J connectivity index is 1.94. The van der Waals surface area contributed by atoms with Gasteiger partial charge < -0.3 is 5.32 Å². The smallest absolute Gasteiger partial charge is 0.197 e. The van der Waals surface area contributed by atoms with Crippen LogP contribution in [0, 0.1) is 25.5 Å². The number of hydrogen-bond acceptors (Lipinski definition) is 4. The van der Waals surface area contributed by atoms with E-state index >= 15 is 0 Å². The quantitative estimate of drug-likeness (QED) is 0.458. The third kappa shape index (κ3) is 3.39. The highest BCUT2D eigenvalue weighted by Crippen LogP contribution is 2.30. The topological polar surface area (TPSA) is 55.6 Å². The van der Waals surface area contributed by atoms with Gasteiger partial charge >= 0.3 is 0 Å². The molecule has 28 heavy (non-hydrogen) atoms. The summed E-state index contributed by atoms with van der Waals surface area (Å²) in [4.78, 5) is 9.13. The van der Waals surface area contributed by atoms with E-state index in [0.717, 1.165) is 23.5 Å². The van der Waals surface area contributed by atoms with Crippen LogP contribution in [0.2, 0.25) is 10.0 Å². The van der Waals surface area contributed by atoms with Crippen molar-refractivity contribution in [3.63, 3.8) is 0 Å². The van der Waals surface area contributed by atoms with Gasteiger partial charge in [-0.15, -0.1) is 0 Å². The Kier molecular flexibility index (Phi) is 4.64. The molecular formula is C19H13Cl2F2N5. The summed E-state index contributed by atoms with van der Waals surface area (Å²) in [5.74, 6) is -0.842. The predicted molar refractivity (Wildman–Crippen MR) is 106 cm³/mol. The van der Waals surface area contributed by atoms with Gasteiger partial charge in [0.05, 0.1) is 32.5 Å². The van der Waals surface area contributed by atoms with Crippen LogP contribution >= 0.6 is 23.2 Å². The molecule has 5 nitrogen and oxygen atoms in total. The molecule has 0 bridgehead atoms. The van der Waals surface area contributed by atoms with Crippen LogP contribution in [0.3, 0.4) is 0 Å². The van der Waals surface area contributed by atoms with E-state index < -0.39 is 11.6 Å². The fourth-order valence-electron chi connectivity index (χ4n) is 2.84. The van der Waals surface area contributed by atoms with Gasteiger partial charge in [0.2, 0.25) is 0 Å². The summed E-state index contributed by atoms with van der Waals surface area (Å²) in [6, 6.07) is 8.28. The number of aryl methyl sites for hydroxylation is 2. The molecule has 2 aromatic heterocycles. The van der Waals surface area contributed by atoms with Crippen molar-refractivity contribution in [3.05, 3.63) is 69.5 Å². The highest BCUT2D eigenvalue weighted by molar-refractivity contribution is 6.42. The highest BCUT2D eigenvalue weighted by Gasteiger charge is 2.17. The van der Waals surface area contributed by atoms with Crippen molar-refractivity contribution in [1.82, 2.24) is 19.7 Å². The van der Waals surface area contributed by atoms with Crippen molar-refractivity contribution in [2.24, 2.45) is 0 Å². The van der Waals surface area contributed by atoms with Crippen molar-refractivity contribution < 1.29 is 8.78 Å². The first-order valence-electron chi connectivity index (χ1n) is 8.24. The third-order valence-corrected chi connectivity index (χ3v) is 4.80. The second kappa shape index (κ2) is 7.00. The second-order valence-corrected chi connectivity index (χ2v) is 7.05. The Bertz CT molecular complexity index is 1220. The molecule has 0 unspecified atom stereocenters. The molecule has 9 heteroatoms. The lowest BCUT2D eigenvalue weighted by molar-refractivity contribution is 0.586. The zero-order chi connectivity index (χ0) is 20.0.